The summed E-state index contributed by atoms with van der Waals surface area (Å²) < 4.78 is 8.86. The van der Waals surface area contributed by atoms with E-state index in [1.165, 1.54) is 11.1 Å². The highest BCUT2D eigenvalue weighted by Gasteiger charge is 2.26. The smallest absolute Gasteiger partial charge is 0.216 e. The molecule has 4 aromatic carbocycles. The lowest BCUT2D eigenvalue weighted by Crippen LogP contribution is -2.30. The fraction of sp³-hybridized carbons (Fsp3) is 0.143. The monoisotopic (exact) mass is 493 g/mol. The molecule has 2 heterocycles. The minimum Gasteiger partial charge on any atom is -0.454 e. The van der Waals surface area contributed by atoms with Crippen LogP contribution in [0, 0.1) is 18.3 Å². The van der Waals surface area contributed by atoms with Gasteiger partial charge in [-0.25, -0.2) is 4.57 Å². The number of pyridine rings is 1. The summed E-state index contributed by atoms with van der Waals surface area (Å²) in [5.41, 5.74) is 9.57. The fourth-order valence-electron chi connectivity index (χ4n) is 5.57. The second-order valence-electron chi connectivity index (χ2n) is 10.5. The normalized spacial score (nSPS) is 11.7. The Morgan fingerprint density at radius 2 is 1.42 bits per heavy atom. The minimum atomic E-state index is -0.196. The minimum absolute atomic E-state index is 0.196. The van der Waals surface area contributed by atoms with Gasteiger partial charge in [0.1, 0.15) is 18.2 Å². The van der Waals surface area contributed by atoms with Crippen LogP contribution in [0.25, 0.3) is 44.3 Å². The number of aromatic nitrogens is 1. The van der Waals surface area contributed by atoms with Crippen LogP contribution in [0.4, 0.5) is 0 Å². The second kappa shape index (κ2) is 9.01. The van der Waals surface area contributed by atoms with Crippen molar-refractivity contribution < 1.29 is 8.98 Å². The van der Waals surface area contributed by atoms with Crippen LogP contribution in [0.15, 0.2) is 108 Å². The molecule has 0 amide bonds. The van der Waals surface area contributed by atoms with Gasteiger partial charge in [0.15, 0.2) is 6.20 Å². The maximum atomic E-state index is 10.1. The SMILES string of the molecule is Cc1ccc2c(oc3c(-c4cccc(C(C)(C)c5ccccc5)c4)c(C#N)ccc32)c1-c1cccc[n+]1C. The Morgan fingerprint density at radius 1 is 0.737 bits per heavy atom. The van der Waals surface area contributed by atoms with E-state index in [0.717, 1.165) is 49.9 Å². The molecule has 0 aliphatic heterocycles. The molecule has 0 bridgehead atoms. The van der Waals surface area contributed by atoms with Crippen molar-refractivity contribution in [1.82, 2.24) is 0 Å². The number of hydrogen-bond acceptors (Lipinski definition) is 2. The lowest BCUT2D eigenvalue weighted by atomic mass is 9.77. The molecule has 0 unspecified atom stereocenters. The highest BCUT2D eigenvalue weighted by atomic mass is 16.3. The fourth-order valence-corrected chi connectivity index (χ4v) is 5.57. The van der Waals surface area contributed by atoms with Gasteiger partial charge in [0.05, 0.1) is 17.2 Å². The third-order valence-corrected chi connectivity index (χ3v) is 7.82. The predicted molar refractivity (Wildman–Crippen MR) is 154 cm³/mol. The standard InChI is InChI=1S/C35H29N2O/c1-23-16-18-28-29-19-17-25(22-36)32(34(29)38-33(28)31(23)30-15-8-9-20-37(30)4)24-11-10-14-27(21-24)35(2,3)26-12-6-5-7-13-26/h5-21H,1-4H3/q+1. The van der Waals surface area contributed by atoms with Gasteiger partial charge in [-0.05, 0) is 47.4 Å². The van der Waals surface area contributed by atoms with Crippen molar-refractivity contribution >= 4 is 21.9 Å². The molecule has 0 aliphatic rings. The Hall–Kier alpha value is -4.68. The van der Waals surface area contributed by atoms with Crippen molar-refractivity contribution in [3.05, 3.63) is 126 Å². The van der Waals surface area contributed by atoms with Gasteiger partial charge in [-0.3, -0.25) is 0 Å². The molecule has 0 saturated heterocycles. The topological polar surface area (TPSA) is 40.8 Å². The first-order valence-corrected chi connectivity index (χ1v) is 12.9. The number of fused-ring (bicyclic) bond motifs is 3. The van der Waals surface area contributed by atoms with E-state index in [4.69, 9.17) is 4.42 Å². The van der Waals surface area contributed by atoms with Crippen molar-refractivity contribution in [3.63, 3.8) is 0 Å². The van der Waals surface area contributed by atoms with Crippen LogP contribution in [-0.2, 0) is 12.5 Å². The Balaban J connectivity index is 1.63. The predicted octanol–water partition coefficient (Wildman–Crippen LogP) is 8.25. The lowest BCUT2D eigenvalue weighted by molar-refractivity contribution is -0.660. The number of nitrogens with zero attached hydrogens (tertiary/aromatic N) is 2. The molecule has 0 N–H and O–H groups in total. The summed E-state index contributed by atoms with van der Waals surface area (Å²) >= 11 is 0. The molecule has 0 saturated carbocycles. The Morgan fingerprint density at radius 3 is 2.16 bits per heavy atom. The van der Waals surface area contributed by atoms with Gasteiger partial charge in [0.25, 0.3) is 0 Å². The first-order chi connectivity index (χ1) is 18.4. The summed E-state index contributed by atoms with van der Waals surface area (Å²) in [7, 11) is 2.05. The zero-order valence-corrected chi connectivity index (χ0v) is 22.1. The molecule has 6 rings (SSSR count). The van der Waals surface area contributed by atoms with Crippen LogP contribution in [0.2, 0.25) is 0 Å². The summed E-state index contributed by atoms with van der Waals surface area (Å²) in [6.45, 7) is 6.60. The van der Waals surface area contributed by atoms with Crippen molar-refractivity contribution in [2.75, 3.05) is 0 Å². The number of hydrogen-bond donors (Lipinski definition) is 0. The largest absolute Gasteiger partial charge is 0.454 e. The van der Waals surface area contributed by atoms with E-state index in [2.05, 4.69) is 117 Å². The third kappa shape index (κ3) is 3.69. The maximum absolute atomic E-state index is 10.1. The lowest BCUT2D eigenvalue weighted by Gasteiger charge is -2.26. The van der Waals surface area contributed by atoms with Crippen LogP contribution in [-0.4, -0.2) is 0 Å². The summed E-state index contributed by atoms with van der Waals surface area (Å²) in [6, 6.07) is 35.9. The molecule has 38 heavy (non-hydrogen) atoms. The molecule has 0 fully saturated rings. The average molecular weight is 494 g/mol. The molecule has 0 radical (unpaired) electrons. The van der Waals surface area contributed by atoms with Gasteiger partial charge in [-0.2, -0.15) is 5.26 Å². The quantitative estimate of drug-likeness (QED) is 0.232. The van der Waals surface area contributed by atoms with Crippen LogP contribution >= 0.6 is 0 Å². The Labute approximate surface area is 223 Å². The zero-order valence-electron chi connectivity index (χ0n) is 22.1. The van der Waals surface area contributed by atoms with E-state index in [-0.39, 0.29) is 5.41 Å². The van der Waals surface area contributed by atoms with E-state index < -0.39 is 0 Å². The molecular formula is C35H29N2O+. The number of rotatable bonds is 4. The summed E-state index contributed by atoms with van der Waals surface area (Å²) in [4.78, 5) is 0. The van der Waals surface area contributed by atoms with Gasteiger partial charge in [0.2, 0.25) is 5.69 Å². The summed E-state index contributed by atoms with van der Waals surface area (Å²) in [5.74, 6) is 0. The average Bonchev–Trinajstić information content (AvgIpc) is 3.32. The molecule has 3 nitrogen and oxygen atoms in total. The number of aryl methyl sites for hydroxylation is 2. The summed E-state index contributed by atoms with van der Waals surface area (Å²) in [6.07, 6.45) is 2.05. The number of furan rings is 1. The molecule has 6 aromatic rings. The van der Waals surface area contributed by atoms with Crippen LogP contribution in [0.5, 0.6) is 0 Å². The van der Waals surface area contributed by atoms with E-state index in [0.29, 0.717) is 5.56 Å². The van der Waals surface area contributed by atoms with Gasteiger partial charge in [0, 0.05) is 33.9 Å². The molecule has 0 atom stereocenters. The molecular weight excluding hydrogens is 464 g/mol. The van der Waals surface area contributed by atoms with Gasteiger partial charge in [-0.1, -0.05) is 80.6 Å². The van der Waals surface area contributed by atoms with Crippen molar-refractivity contribution in [1.29, 1.82) is 5.26 Å². The van der Waals surface area contributed by atoms with E-state index >= 15 is 0 Å². The highest BCUT2D eigenvalue weighted by molar-refractivity contribution is 6.14. The van der Waals surface area contributed by atoms with Gasteiger partial charge in [-0.15, -0.1) is 0 Å². The molecule has 184 valence electrons. The first kappa shape index (κ1) is 23.7. The van der Waals surface area contributed by atoms with Crippen molar-refractivity contribution in [2.45, 2.75) is 26.2 Å². The Bertz CT molecular complexity index is 1870. The molecule has 0 aliphatic carbocycles. The van der Waals surface area contributed by atoms with Gasteiger partial charge >= 0.3 is 0 Å². The maximum Gasteiger partial charge on any atom is 0.216 e. The highest BCUT2D eigenvalue weighted by Crippen LogP contribution is 2.43. The van der Waals surface area contributed by atoms with E-state index in [9.17, 15) is 5.26 Å². The number of nitriles is 1. The van der Waals surface area contributed by atoms with E-state index in [1.807, 2.05) is 24.3 Å². The molecule has 3 heteroatoms. The van der Waals surface area contributed by atoms with Crippen LogP contribution in [0.1, 0.15) is 36.1 Å². The van der Waals surface area contributed by atoms with Crippen molar-refractivity contribution in [2.24, 2.45) is 7.05 Å². The summed E-state index contributed by atoms with van der Waals surface area (Å²) in [5, 5.41) is 12.2. The van der Waals surface area contributed by atoms with Gasteiger partial charge < -0.3 is 4.42 Å². The Kier molecular flexibility index (Phi) is 5.62. The van der Waals surface area contributed by atoms with E-state index in [1.54, 1.807) is 0 Å². The molecule has 0 spiro atoms. The second-order valence-corrected chi connectivity index (χ2v) is 10.5. The first-order valence-electron chi connectivity index (χ1n) is 12.9. The zero-order chi connectivity index (χ0) is 26.4. The third-order valence-electron chi connectivity index (χ3n) is 7.82. The van der Waals surface area contributed by atoms with Crippen LogP contribution < -0.4 is 4.57 Å². The van der Waals surface area contributed by atoms with Crippen LogP contribution in [0.3, 0.4) is 0 Å². The number of benzene rings is 4. The van der Waals surface area contributed by atoms with Crippen molar-refractivity contribution in [3.8, 4) is 28.5 Å². The molecule has 2 aromatic heterocycles.